The number of nitrogens with two attached hydrogens (primary N) is 1. The number of hydrogen-bond acceptors (Lipinski definition) is 5. The lowest BCUT2D eigenvalue weighted by Crippen LogP contribution is -2.07. The average molecular weight is 317 g/mol. The van der Waals surface area contributed by atoms with Crippen LogP contribution in [0.2, 0.25) is 0 Å². The summed E-state index contributed by atoms with van der Waals surface area (Å²) in [5.74, 6) is 2.07. The van der Waals surface area contributed by atoms with Gasteiger partial charge in [0, 0.05) is 35.5 Å². The van der Waals surface area contributed by atoms with Gasteiger partial charge in [0.05, 0.1) is 6.54 Å². The van der Waals surface area contributed by atoms with Gasteiger partial charge in [-0.1, -0.05) is 0 Å². The number of pyridine rings is 1. The van der Waals surface area contributed by atoms with Gasteiger partial charge in [-0.2, -0.15) is 0 Å². The minimum absolute atomic E-state index is 0. The van der Waals surface area contributed by atoms with E-state index in [9.17, 15) is 0 Å². The lowest BCUT2D eigenvalue weighted by molar-refractivity contribution is 0.740. The monoisotopic (exact) mass is 316 g/mol. The van der Waals surface area contributed by atoms with Crippen LogP contribution in [-0.2, 0) is 6.54 Å². The fourth-order valence-corrected chi connectivity index (χ4v) is 2.31. The molecule has 2 N–H and O–H groups in total. The van der Waals surface area contributed by atoms with Crippen LogP contribution in [-0.4, -0.2) is 24.5 Å². The Morgan fingerprint density at radius 2 is 1.77 bits per heavy atom. The third-order valence-corrected chi connectivity index (χ3v) is 3.10. The highest BCUT2D eigenvalue weighted by Crippen LogP contribution is 2.19. The van der Waals surface area contributed by atoms with Crippen LogP contribution in [0.15, 0.2) is 36.8 Å². The predicted molar refractivity (Wildman–Crippen MR) is 87.7 cm³/mol. The van der Waals surface area contributed by atoms with Crippen molar-refractivity contribution < 1.29 is 0 Å². The quantitative estimate of drug-likeness (QED) is 0.802. The Balaban J connectivity index is 0.00000176. The number of halogens is 1. The highest BCUT2D eigenvalue weighted by Gasteiger charge is 2.09. The van der Waals surface area contributed by atoms with Crippen molar-refractivity contribution in [3.63, 3.8) is 0 Å². The number of hydrogen-bond donors (Lipinski definition) is 1. The lowest BCUT2D eigenvalue weighted by atomic mass is 10.2. The molecule has 0 amide bonds. The van der Waals surface area contributed by atoms with Crippen LogP contribution >= 0.6 is 12.4 Å². The highest BCUT2D eigenvalue weighted by atomic mass is 35.5. The smallest absolute Gasteiger partial charge is 0.148 e. The molecule has 0 atom stereocenters. The highest BCUT2D eigenvalue weighted by molar-refractivity contribution is 5.85. The van der Waals surface area contributed by atoms with E-state index < -0.39 is 0 Å². The minimum Gasteiger partial charge on any atom is -0.384 e. The number of anilines is 1. The van der Waals surface area contributed by atoms with Crippen LogP contribution in [0, 0.1) is 13.8 Å². The van der Waals surface area contributed by atoms with Crippen molar-refractivity contribution in [2.24, 2.45) is 0 Å². The van der Waals surface area contributed by atoms with Crippen LogP contribution in [0.4, 0.5) is 5.82 Å². The fourth-order valence-electron chi connectivity index (χ4n) is 2.31. The molecule has 0 spiro atoms. The van der Waals surface area contributed by atoms with E-state index in [1.54, 1.807) is 18.5 Å². The van der Waals surface area contributed by atoms with E-state index in [4.69, 9.17) is 5.73 Å². The third-order valence-electron chi connectivity index (χ3n) is 3.10. The SMILES string of the molecule is Cc1cc(C)nc(Cn2ccnc2-c2ccnc(N)c2)n1.Cl. The molecular formula is C15H17ClN6. The first-order valence-corrected chi connectivity index (χ1v) is 6.66. The zero-order chi connectivity index (χ0) is 14.8. The molecule has 0 unspecified atom stereocenters. The van der Waals surface area contributed by atoms with Crippen molar-refractivity contribution in [3.8, 4) is 11.4 Å². The zero-order valence-corrected chi connectivity index (χ0v) is 13.2. The summed E-state index contributed by atoms with van der Waals surface area (Å²) in [6.45, 7) is 4.51. The first-order valence-electron chi connectivity index (χ1n) is 6.66. The zero-order valence-electron chi connectivity index (χ0n) is 12.4. The van der Waals surface area contributed by atoms with Crippen molar-refractivity contribution in [1.82, 2.24) is 24.5 Å². The molecule has 22 heavy (non-hydrogen) atoms. The summed E-state index contributed by atoms with van der Waals surface area (Å²) in [5, 5.41) is 0. The lowest BCUT2D eigenvalue weighted by Gasteiger charge is -2.08. The van der Waals surface area contributed by atoms with Gasteiger partial charge in [0.2, 0.25) is 0 Å². The molecule has 0 aliphatic carbocycles. The Morgan fingerprint density at radius 3 is 2.45 bits per heavy atom. The maximum absolute atomic E-state index is 5.73. The normalized spacial score (nSPS) is 10.3. The predicted octanol–water partition coefficient (Wildman–Crippen LogP) is 2.40. The molecule has 114 valence electrons. The van der Waals surface area contributed by atoms with Gasteiger partial charge in [-0.25, -0.2) is 19.9 Å². The number of nitrogens with zero attached hydrogens (tertiary/aromatic N) is 5. The Hall–Kier alpha value is -2.47. The first kappa shape index (κ1) is 15.9. The van der Waals surface area contributed by atoms with E-state index in [0.717, 1.165) is 28.6 Å². The number of nitrogen functional groups attached to an aromatic ring is 1. The summed E-state index contributed by atoms with van der Waals surface area (Å²) >= 11 is 0. The van der Waals surface area contributed by atoms with Crippen molar-refractivity contribution in [2.75, 3.05) is 5.73 Å². The van der Waals surface area contributed by atoms with Gasteiger partial charge >= 0.3 is 0 Å². The number of aryl methyl sites for hydroxylation is 2. The second-order valence-electron chi connectivity index (χ2n) is 4.92. The van der Waals surface area contributed by atoms with Gasteiger partial charge in [-0.3, -0.25) is 0 Å². The molecule has 0 saturated heterocycles. The molecular weight excluding hydrogens is 300 g/mol. The molecule has 0 radical (unpaired) electrons. The Bertz CT molecular complexity index is 763. The Labute approximate surface area is 134 Å². The number of aromatic nitrogens is 5. The van der Waals surface area contributed by atoms with E-state index in [2.05, 4.69) is 19.9 Å². The molecule has 3 aromatic heterocycles. The van der Waals surface area contributed by atoms with Gasteiger partial charge < -0.3 is 10.3 Å². The average Bonchev–Trinajstić information content (AvgIpc) is 2.85. The minimum atomic E-state index is 0. The Morgan fingerprint density at radius 1 is 1.05 bits per heavy atom. The summed E-state index contributed by atoms with van der Waals surface area (Å²) in [6.07, 6.45) is 5.35. The van der Waals surface area contributed by atoms with E-state index >= 15 is 0 Å². The van der Waals surface area contributed by atoms with Gasteiger partial charge in [0.15, 0.2) is 0 Å². The molecule has 0 bridgehead atoms. The second kappa shape index (κ2) is 6.53. The largest absolute Gasteiger partial charge is 0.384 e. The summed E-state index contributed by atoms with van der Waals surface area (Å²) in [6, 6.07) is 5.65. The number of imidazole rings is 1. The van der Waals surface area contributed by atoms with Crippen LogP contribution < -0.4 is 5.73 Å². The summed E-state index contributed by atoms with van der Waals surface area (Å²) in [7, 11) is 0. The summed E-state index contributed by atoms with van der Waals surface area (Å²) < 4.78 is 2.00. The number of rotatable bonds is 3. The molecule has 6 nitrogen and oxygen atoms in total. The maximum Gasteiger partial charge on any atom is 0.148 e. The fraction of sp³-hybridized carbons (Fsp3) is 0.200. The van der Waals surface area contributed by atoms with Crippen LogP contribution in [0.25, 0.3) is 11.4 Å². The van der Waals surface area contributed by atoms with Crippen molar-refractivity contribution >= 4 is 18.2 Å². The summed E-state index contributed by atoms with van der Waals surface area (Å²) in [5.41, 5.74) is 8.59. The third kappa shape index (κ3) is 3.40. The summed E-state index contributed by atoms with van der Waals surface area (Å²) in [4.78, 5) is 17.3. The molecule has 0 aliphatic heterocycles. The van der Waals surface area contributed by atoms with Crippen LogP contribution in [0.5, 0.6) is 0 Å². The van der Waals surface area contributed by atoms with E-state index in [1.165, 1.54) is 0 Å². The molecule has 3 aromatic rings. The van der Waals surface area contributed by atoms with Crippen molar-refractivity contribution in [3.05, 3.63) is 54.0 Å². The van der Waals surface area contributed by atoms with Gasteiger partial charge in [0.25, 0.3) is 0 Å². The molecule has 0 saturated carbocycles. The molecule has 3 rings (SSSR count). The maximum atomic E-state index is 5.73. The standard InChI is InChI=1S/C15H16N6.ClH/c1-10-7-11(2)20-14(19-10)9-21-6-5-18-15(21)12-3-4-17-13(16)8-12;/h3-8H,9H2,1-2H3,(H2,16,17);1H. The van der Waals surface area contributed by atoms with Gasteiger partial charge in [0.1, 0.15) is 17.5 Å². The molecule has 7 heteroatoms. The molecule has 3 heterocycles. The van der Waals surface area contributed by atoms with Crippen molar-refractivity contribution in [1.29, 1.82) is 0 Å². The van der Waals surface area contributed by atoms with E-state index in [0.29, 0.717) is 12.4 Å². The van der Waals surface area contributed by atoms with E-state index in [-0.39, 0.29) is 12.4 Å². The van der Waals surface area contributed by atoms with Gasteiger partial charge in [-0.15, -0.1) is 12.4 Å². The first-order chi connectivity index (χ1) is 10.1. The van der Waals surface area contributed by atoms with Crippen molar-refractivity contribution in [2.45, 2.75) is 20.4 Å². The van der Waals surface area contributed by atoms with Crippen LogP contribution in [0.3, 0.4) is 0 Å². The van der Waals surface area contributed by atoms with E-state index in [1.807, 2.05) is 36.7 Å². The van der Waals surface area contributed by atoms with Gasteiger partial charge in [-0.05, 0) is 32.0 Å². The second-order valence-corrected chi connectivity index (χ2v) is 4.92. The molecule has 0 aliphatic rings. The molecule has 0 aromatic carbocycles. The molecule has 0 fully saturated rings. The van der Waals surface area contributed by atoms with Crippen LogP contribution in [0.1, 0.15) is 17.2 Å². The topological polar surface area (TPSA) is 82.5 Å². The Kier molecular flexibility index (Phi) is 4.72.